The molecule has 0 bridgehead atoms. The molecule has 0 aliphatic rings. The molecule has 0 aliphatic carbocycles. The fourth-order valence-electron chi connectivity index (χ4n) is 3.23. The third-order valence-corrected chi connectivity index (χ3v) is 4.87. The smallest absolute Gasteiger partial charge is 0.496 e. The summed E-state index contributed by atoms with van der Waals surface area (Å²) in [4.78, 5) is 36.8. The van der Waals surface area contributed by atoms with Gasteiger partial charge >= 0.3 is 6.16 Å². The van der Waals surface area contributed by atoms with Gasteiger partial charge < -0.3 is 29.6 Å². The lowest BCUT2D eigenvalue weighted by molar-refractivity contribution is 0.0949. The number of hydrogen-bond acceptors (Lipinski definition) is 7. The first kappa shape index (κ1) is 25.1. The minimum atomic E-state index is -0.805. The monoisotopic (exact) mass is 478 g/mol. The van der Waals surface area contributed by atoms with Crippen LogP contribution < -0.4 is 24.8 Å². The summed E-state index contributed by atoms with van der Waals surface area (Å²) in [7, 11) is 2.96. The Labute approximate surface area is 203 Å². The number of nitrogens with one attached hydrogen (secondary N) is 2. The third kappa shape index (κ3) is 6.73. The molecule has 2 N–H and O–H groups in total. The summed E-state index contributed by atoms with van der Waals surface area (Å²) in [5.74, 6) is 0.370. The quantitative estimate of drug-likeness (QED) is 0.346. The highest BCUT2D eigenvalue weighted by Gasteiger charge is 2.18. The van der Waals surface area contributed by atoms with Crippen molar-refractivity contribution in [3.63, 3.8) is 0 Å². The zero-order valence-corrected chi connectivity index (χ0v) is 19.6. The van der Waals surface area contributed by atoms with Crippen LogP contribution in [0.25, 0.3) is 0 Å². The predicted molar refractivity (Wildman–Crippen MR) is 129 cm³/mol. The highest BCUT2D eigenvalue weighted by molar-refractivity contribution is 6.08. The maximum atomic E-state index is 12.9. The van der Waals surface area contributed by atoms with Crippen LogP contribution in [0.4, 0.5) is 10.5 Å². The molecule has 0 unspecified atom stereocenters. The molecular formula is C26H26N2O7. The number of carbonyl (C=O) groups is 3. The molecule has 0 saturated heterocycles. The van der Waals surface area contributed by atoms with E-state index in [0.717, 1.165) is 5.56 Å². The summed E-state index contributed by atoms with van der Waals surface area (Å²) >= 11 is 0. The largest absolute Gasteiger partial charge is 0.513 e. The molecule has 0 heterocycles. The van der Waals surface area contributed by atoms with Crippen molar-refractivity contribution in [3.05, 3.63) is 83.4 Å². The highest BCUT2D eigenvalue weighted by atomic mass is 16.7. The molecule has 2 amide bonds. The van der Waals surface area contributed by atoms with Crippen molar-refractivity contribution in [2.24, 2.45) is 0 Å². The highest BCUT2D eigenvalue weighted by Crippen LogP contribution is 2.29. The summed E-state index contributed by atoms with van der Waals surface area (Å²) in [6, 6.07) is 18.3. The molecule has 0 radical (unpaired) electrons. The number of amides is 2. The topological polar surface area (TPSA) is 112 Å². The second kappa shape index (κ2) is 12.1. The SMILES string of the molecule is CCOC(=O)Oc1ccc(C(=O)NCc2cccc(NC(=O)c3c(OC)cccc3OC)c2)cc1. The average molecular weight is 479 g/mol. The van der Waals surface area contributed by atoms with Gasteiger partial charge in [-0.25, -0.2) is 4.79 Å². The molecule has 0 saturated carbocycles. The van der Waals surface area contributed by atoms with Gasteiger partial charge in [0.15, 0.2) is 0 Å². The minimum absolute atomic E-state index is 0.207. The molecule has 9 nitrogen and oxygen atoms in total. The first-order chi connectivity index (χ1) is 16.9. The Bertz CT molecular complexity index is 1170. The van der Waals surface area contributed by atoms with E-state index in [4.69, 9.17) is 18.9 Å². The lowest BCUT2D eigenvalue weighted by Gasteiger charge is -2.13. The van der Waals surface area contributed by atoms with Gasteiger partial charge in [0.25, 0.3) is 11.8 Å². The van der Waals surface area contributed by atoms with Gasteiger partial charge in [-0.15, -0.1) is 0 Å². The second-order valence-electron chi connectivity index (χ2n) is 7.18. The molecule has 3 aromatic carbocycles. The van der Waals surface area contributed by atoms with E-state index in [-0.39, 0.29) is 36.3 Å². The summed E-state index contributed by atoms with van der Waals surface area (Å²) in [5, 5.41) is 5.66. The van der Waals surface area contributed by atoms with Gasteiger partial charge in [0, 0.05) is 17.8 Å². The van der Waals surface area contributed by atoms with Gasteiger partial charge in [-0.05, 0) is 61.0 Å². The van der Waals surface area contributed by atoms with Crippen molar-refractivity contribution in [2.45, 2.75) is 13.5 Å². The minimum Gasteiger partial charge on any atom is -0.496 e. The van der Waals surface area contributed by atoms with Gasteiger partial charge in [0.1, 0.15) is 22.8 Å². The Balaban J connectivity index is 1.61. The number of ether oxygens (including phenoxy) is 4. The molecule has 35 heavy (non-hydrogen) atoms. The zero-order chi connectivity index (χ0) is 25.2. The van der Waals surface area contributed by atoms with Crippen molar-refractivity contribution < 1.29 is 33.3 Å². The van der Waals surface area contributed by atoms with E-state index < -0.39 is 6.16 Å². The maximum absolute atomic E-state index is 12.9. The van der Waals surface area contributed by atoms with Crippen LogP contribution in [0.3, 0.4) is 0 Å². The lowest BCUT2D eigenvalue weighted by atomic mass is 10.1. The van der Waals surface area contributed by atoms with Crippen LogP contribution in [-0.4, -0.2) is 38.8 Å². The van der Waals surface area contributed by atoms with Gasteiger partial charge in [0.2, 0.25) is 0 Å². The second-order valence-corrected chi connectivity index (χ2v) is 7.18. The maximum Gasteiger partial charge on any atom is 0.513 e. The van der Waals surface area contributed by atoms with Gasteiger partial charge in [0.05, 0.1) is 20.8 Å². The van der Waals surface area contributed by atoms with Gasteiger partial charge in [-0.2, -0.15) is 0 Å². The van der Waals surface area contributed by atoms with Crippen LogP contribution in [0.15, 0.2) is 66.7 Å². The first-order valence-electron chi connectivity index (χ1n) is 10.8. The van der Waals surface area contributed by atoms with E-state index in [1.54, 1.807) is 55.5 Å². The number of carbonyl (C=O) groups excluding carboxylic acids is 3. The molecule has 3 rings (SSSR count). The van der Waals surface area contributed by atoms with E-state index >= 15 is 0 Å². The van der Waals surface area contributed by atoms with Gasteiger partial charge in [-0.1, -0.05) is 18.2 Å². The fraction of sp³-hybridized carbons (Fsp3) is 0.192. The van der Waals surface area contributed by atoms with E-state index in [9.17, 15) is 14.4 Å². The van der Waals surface area contributed by atoms with E-state index in [1.807, 2.05) is 6.07 Å². The van der Waals surface area contributed by atoms with Crippen LogP contribution in [0.1, 0.15) is 33.2 Å². The molecule has 0 aliphatic heterocycles. The molecule has 182 valence electrons. The van der Waals surface area contributed by atoms with Crippen LogP contribution in [0.2, 0.25) is 0 Å². The molecule has 0 aromatic heterocycles. The van der Waals surface area contributed by atoms with Crippen LogP contribution in [0.5, 0.6) is 17.2 Å². The van der Waals surface area contributed by atoms with E-state index in [0.29, 0.717) is 22.7 Å². The van der Waals surface area contributed by atoms with Gasteiger partial charge in [-0.3, -0.25) is 9.59 Å². The Kier molecular flexibility index (Phi) is 8.66. The molecule has 0 fully saturated rings. The molecule has 9 heteroatoms. The van der Waals surface area contributed by atoms with Crippen LogP contribution in [0, 0.1) is 0 Å². The Morgan fingerprint density at radius 1 is 0.829 bits per heavy atom. The van der Waals surface area contributed by atoms with E-state index in [2.05, 4.69) is 10.6 Å². The zero-order valence-electron chi connectivity index (χ0n) is 19.6. The third-order valence-electron chi connectivity index (χ3n) is 4.87. The predicted octanol–water partition coefficient (Wildman–Crippen LogP) is 4.42. The van der Waals surface area contributed by atoms with Crippen molar-refractivity contribution >= 4 is 23.7 Å². The average Bonchev–Trinajstić information content (AvgIpc) is 2.87. The van der Waals surface area contributed by atoms with Crippen LogP contribution in [-0.2, 0) is 11.3 Å². The Morgan fingerprint density at radius 3 is 2.11 bits per heavy atom. The first-order valence-corrected chi connectivity index (χ1v) is 10.8. The number of methoxy groups -OCH3 is 2. The molecule has 0 spiro atoms. The number of rotatable bonds is 9. The van der Waals surface area contributed by atoms with Crippen LogP contribution >= 0.6 is 0 Å². The van der Waals surface area contributed by atoms with Crippen molar-refractivity contribution in [3.8, 4) is 17.2 Å². The Hall–Kier alpha value is -4.53. The van der Waals surface area contributed by atoms with Crippen molar-refractivity contribution in [1.82, 2.24) is 5.32 Å². The van der Waals surface area contributed by atoms with E-state index in [1.165, 1.54) is 26.4 Å². The number of hydrogen-bond donors (Lipinski definition) is 2. The lowest BCUT2D eigenvalue weighted by Crippen LogP contribution is -2.23. The molecule has 3 aromatic rings. The summed E-state index contributed by atoms with van der Waals surface area (Å²) in [5.41, 5.74) is 2.01. The van der Waals surface area contributed by atoms with Crippen molar-refractivity contribution in [1.29, 1.82) is 0 Å². The molecule has 0 atom stereocenters. The summed E-state index contributed by atoms with van der Waals surface area (Å²) in [6.45, 7) is 2.12. The summed E-state index contributed by atoms with van der Waals surface area (Å²) < 4.78 is 20.3. The number of benzene rings is 3. The summed E-state index contributed by atoms with van der Waals surface area (Å²) in [6.07, 6.45) is -0.805. The molecular weight excluding hydrogens is 452 g/mol. The number of anilines is 1. The van der Waals surface area contributed by atoms with Crippen molar-refractivity contribution in [2.75, 3.05) is 26.1 Å². The fourth-order valence-corrected chi connectivity index (χ4v) is 3.23. The standard InChI is InChI=1S/C26H26N2O7/c1-4-34-26(31)35-20-13-11-18(12-14-20)24(29)27-16-17-7-5-8-19(15-17)28-25(30)23-21(32-2)9-6-10-22(23)33-3/h5-15H,4,16H2,1-3H3,(H,27,29)(H,28,30). The normalized spacial score (nSPS) is 10.1. The Morgan fingerprint density at radius 2 is 1.49 bits per heavy atom.